The Bertz CT molecular complexity index is 867. The average Bonchev–Trinajstić information content (AvgIpc) is 3.21. The van der Waals surface area contributed by atoms with Gasteiger partial charge in [-0.15, -0.1) is 0 Å². The molecule has 144 valence electrons. The molecule has 0 amide bonds. The fourth-order valence-corrected chi connectivity index (χ4v) is 4.44. The highest BCUT2D eigenvalue weighted by atomic mass is 16.5. The smallest absolute Gasteiger partial charge is 0.256 e. The summed E-state index contributed by atoms with van der Waals surface area (Å²) in [7, 11) is 0. The number of carbonyl (C=O) groups is 1. The lowest BCUT2D eigenvalue weighted by Crippen LogP contribution is -2.29. The summed E-state index contributed by atoms with van der Waals surface area (Å²) >= 11 is 0. The number of ketones is 1. The molecule has 1 aliphatic heterocycles. The summed E-state index contributed by atoms with van der Waals surface area (Å²) in [5.41, 5.74) is 2.15. The van der Waals surface area contributed by atoms with Crippen molar-refractivity contribution in [3.05, 3.63) is 45.9 Å². The first-order valence-corrected chi connectivity index (χ1v) is 10.2. The molecule has 1 aliphatic carbocycles. The maximum Gasteiger partial charge on any atom is 0.256 e. The maximum absolute atomic E-state index is 12.7. The lowest BCUT2D eigenvalue weighted by molar-refractivity contribution is -0.123. The van der Waals surface area contributed by atoms with Gasteiger partial charge in [0.1, 0.15) is 5.78 Å². The SMILES string of the molecule is O=C(CCCNCC1CCCO1)C1CCc2[nH]c(=O)c3ccccc3c2C1. The molecule has 0 bridgehead atoms. The van der Waals surface area contributed by atoms with E-state index in [0.29, 0.717) is 18.3 Å². The topological polar surface area (TPSA) is 71.2 Å². The van der Waals surface area contributed by atoms with E-state index < -0.39 is 0 Å². The predicted molar refractivity (Wildman–Crippen MR) is 106 cm³/mol. The first-order valence-electron chi connectivity index (χ1n) is 10.2. The zero-order valence-electron chi connectivity index (χ0n) is 15.8. The summed E-state index contributed by atoms with van der Waals surface area (Å²) in [5.74, 6) is 0.430. The molecule has 1 aromatic carbocycles. The third kappa shape index (κ3) is 4.14. The van der Waals surface area contributed by atoms with E-state index in [1.54, 1.807) is 0 Å². The summed E-state index contributed by atoms with van der Waals surface area (Å²) in [4.78, 5) is 28.0. The number of carbonyl (C=O) groups excluding carboxylic acids is 1. The van der Waals surface area contributed by atoms with Crippen molar-refractivity contribution in [1.82, 2.24) is 10.3 Å². The van der Waals surface area contributed by atoms with Gasteiger partial charge in [0.2, 0.25) is 0 Å². The predicted octanol–water partition coefficient (Wildman–Crippen LogP) is 2.75. The largest absolute Gasteiger partial charge is 0.377 e. The van der Waals surface area contributed by atoms with Crippen LogP contribution in [0, 0.1) is 5.92 Å². The van der Waals surface area contributed by atoms with Crippen LogP contribution in [0.15, 0.2) is 29.1 Å². The highest BCUT2D eigenvalue weighted by molar-refractivity contribution is 5.87. The molecule has 5 nitrogen and oxygen atoms in total. The van der Waals surface area contributed by atoms with Crippen molar-refractivity contribution in [2.45, 2.75) is 51.0 Å². The third-order valence-electron chi connectivity index (χ3n) is 5.95. The number of benzene rings is 1. The normalized spacial score (nSPS) is 22.1. The zero-order chi connectivity index (χ0) is 18.6. The lowest BCUT2D eigenvalue weighted by Gasteiger charge is -2.24. The highest BCUT2D eigenvalue weighted by Gasteiger charge is 2.26. The summed E-state index contributed by atoms with van der Waals surface area (Å²) < 4.78 is 5.60. The molecule has 27 heavy (non-hydrogen) atoms. The van der Waals surface area contributed by atoms with Crippen LogP contribution in [-0.4, -0.2) is 36.6 Å². The minimum Gasteiger partial charge on any atom is -0.377 e. The highest BCUT2D eigenvalue weighted by Crippen LogP contribution is 2.30. The number of rotatable bonds is 7. The van der Waals surface area contributed by atoms with Crippen LogP contribution in [0.5, 0.6) is 0 Å². The zero-order valence-corrected chi connectivity index (χ0v) is 15.8. The first kappa shape index (κ1) is 18.4. The minimum absolute atomic E-state index is 0.0218. The molecule has 1 saturated heterocycles. The van der Waals surface area contributed by atoms with Gasteiger partial charge in [0, 0.05) is 36.6 Å². The van der Waals surface area contributed by atoms with Crippen molar-refractivity contribution in [3.63, 3.8) is 0 Å². The molecular formula is C22H28N2O3. The fraction of sp³-hybridized carbons (Fsp3) is 0.545. The molecule has 1 aromatic heterocycles. The summed E-state index contributed by atoms with van der Waals surface area (Å²) in [6.45, 7) is 2.64. The molecule has 5 heteroatoms. The van der Waals surface area contributed by atoms with Crippen LogP contribution in [0.4, 0.5) is 0 Å². The number of aromatic amines is 1. The van der Waals surface area contributed by atoms with E-state index >= 15 is 0 Å². The van der Waals surface area contributed by atoms with E-state index in [-0.39, 0.29) is 11.5 Å². The first-order chi connectivity index (χ1) is 13.2. The second-order valence-corrected chi connectivity index (χ2v) is 7.81. The van der Waals surface area contributed by atoms with Gasteiger partial charge >= 0.3 is 0 Å². The standard InChI is InChI=1S/C22H28N2O3/c25-21(8-3-11-23-14-16-5-4-12-27-16)15-9-10-20-19(13-15)17-6-1-2-7-18(17)22(26)24-20/h1-2,6-7,15-16,23H,3-5,8-14H2,(H,24,26). The molecule has 1 fully saturated rings. The number of aryl methyl sites for hydroxylation is 1. The molecular weight excluding hydrogens is 340 g/mol. The van der Waals surface area contributed by atoms with Gasteiger partial charge in [-0.2, -0.15) is 0 Å². The Labute approximate surface area is 159 Å². The Hall–Kier alpha value is -1.98. The van der Waals surface area contributed by atoms with Crippen LogP contribution in [0.3, 0.4) is 0 Å². The van der Waals surface area contributed by atoms with Gasteiger partial charge in [-0.05, 0) is 62.1 Å². The second-order valence-electron chi connectivity index (χ2n) is 7.81. The Morgan fingerprint density at radius 1 is 1.22 bits per heavy atom. The molecule has 2 aliphatic rings. The lowest BCUT2D eigenvalue weighted by atomic mass is 9.81. The Morgan fingerprint density at radius 3 is 2.89 bits per heavy atom. The van der Waals surface area contributed by atoms with Gasteiger partial charge in [0.05, 0.1) is 6.10 Å². The third-order valence-corrected chi connectivity index (χ3v) is 5.95. The molecule has 0 spiro atoms. The number of ether oxygens (including phenoxy) is 1. The minimum atomic E-state index is -0.0218. The number of hydrogen-bond donors (Lipinski definition) is 2. The maximum atomic E-state index is 12.7. The number of H-pyrrole nitrogens is 1. The van der Waals surface area contributed by atoms with Crippen LogP contribution in [-0.2, 0) is 22.4 Å². The van der Waals surface area contributed by atoms with Gasteiger partial charge in [0.15, 0.2) is 0 Å². The van der Waals surface area contributed by atoms with Crippen LogP contribution in [0.1, 0.15) is 43.4 Å². The van der Waals surface area contributed by atoms with E-state index in [0.717, 1.165) is 80.3 Å². The Morgan fingerprint density at radius 2 is 2.07 bits per heavy atom. The summed E-state index contributed by atoms with van der Waals surface area (Å²) in [6.07, 6.45) is 6.52. The van der Waals surface area contributed by atoms with Gasteiger partial charge in [0.25, 0.3) is 5.56 Å². The van der Waals surface area contributed by atoms with Crippen molar-refractivity contribution in [2.24, 2.45) is 5.92 Å². The van der Waals surface area contributed by atoms with E-state index in [4.69, 9.17) is 4.74 Å². The van der Waals surface area contributed by atoms with E-state index in [1.807, 2.05) is 24.3 Å². The van der Waals surface area contributed by atoms with Crippen molar-refractivity contribution in [2.75, 3.05) is 19.7 Å². The van der Waals surface area contributed by atoms with Crippen LogP contribution in [0.2, 0.25) is 0 Å². The van der Waals surface area contributed by atoms with E-state index in [2.05, 4.69) is 10.3 Å². The molecule has 0 saturated carbocycles. The quantitative estimate of drug-likeness (QED) is 0.737. The monoisotopic (exact) mass is 368 g/mol. The Kier molecular flexibility index (Phi) is 5.69. The number of pyridine rings is 1. The van der Waals surface area contributed by atoms with Crippen LogP contribution >= 0.6 is 0 Å². The van der Waals surface area contributed by atoms with Gasteiger partial charge in [-0.3, -0.25) is 9.59 Å². The number of aromatic nitrogens is 1. The van der Waals surface area contributed by atoms with Crippen molar-refractivity contribution < 1.29 is 9.53 Å². The van der Waals surface area contributed by atoms with E-state index in [9.17, 15) is 9.59 Å². The van der Waals surface area contributed by atoms with Crippen molar-refractivity contribution >= 4 is 16.6 Å². The fourth-order valence-electron chi connectivity index (χ4n) is 4.44. The van der Waals surface area contributed by atoms with Gasteiger partial charge in [-0.1, -0.05) is 18.2 Å². The van der Waals surface area contributed by atoms with Crippen LogP contribution in [0.25, 0.3) is 10.8 Å². The molecule has 2 heterocycles. The number of Topliss-reactive ketones (excluding diaryl/α,β-unsaturated/α-hetero) is 1. The van der Waals surface area contributed by atoms with Gasteiger partial charge in [-0.25, -0.2) is 0 Å². The summed E-state index contributed by atoms with van der Waals surface area (Å²) in [5, 5.41) is 5.15. The second kappa shape index (κ2) is 8.36. The van der Waals surface area contributed by atoms with Crippen molar-refractivity contribution in [3.8, 4) is 0 Å². The molecule has 0 radical (unpaired) electrons. The molecule has 2 aromatic rings. The molecule has 2 N–H and O–H groups in total. The van der Waals surface area contributed by atoms with Crippen LogP contribution < -0.4 is 10.9 Å². The van der Waals surface area contributed by atoms with Crippen molar-refractivity contribution in [1.29, 1.82) is 0 Å². The van der Waals surface area contributed by atoms with Gasteiger partial charge < -0.3 is 15.0 Å². The molecule has 4 rings (SSSR count). The molecule has 2 atom stereocenters. The van der Waals surface area contributed by atoms with E-state index in [1.165, 1.54) is 0 Å². The molecule has 2 unspecified atom stereocenters. The average molecular weight is 368 g/mol. The number of nitrogens with one attached hydrogen (secondary N) is 2. The summed E-state index contributed by atoms with van der Waals surface area (Å²) in [6, 6.07) is 7.72. The Balaban J connectivity index is 1.33. The number of hydrogen-bond acceptors (Lipinski definition) is 4. The number of fused-ring (bicyclic) bond motifs is 3.